The number of ether oxygens (including phenoxy) is 1. The van der Waals surface area contributed by atoms with Crippen LogP contribution in [0.1, 0.15) is 31.2 Å². The molecule has 3 aliphatic rings. The van der Waals surface area contributed by atoms with Crippen molar-refractivity contribution in [3.05, 3.63) is 84.0 Å². The number of hydrogen-bond acceptors (Lipinski definition) is 6. The lowest BCUT2D eigenvalue weighted by Gasteiger charge is -2.39. The summed E-state index contributed by atoms with van der Waals surface area (Å²) < 4.78 is 23.2. The fourth-order valence-corrected chi connectivity index (χ4v) is 7.20. The second-order valence-electron chi connectivity index (χ2n) is 13.0. The number of nitrogens with zero attached hydrogens (tertiary/aromatic N) is 6. The van der Waals surface area contributed by atoms with E-state index >= 15 is 4.39 Å². The highest BCUT2D eigenvalue weighted by atomic mass is 19.1. The van der Waals surface area contributed by atoms with E-state index < -0.39 is 5.82 Å². The molecule has 1 atom stereocenters. The largest absolute Gasteiger partial charge is 0.463 e. The van der Waals surface area contributed by atoms with Crippen molar-refractivity contribution in [2.45, 2.75) is 31.7 Å². The number of anilines is 1. The van der Waals surface area contributed by atoms with Gasteiger partial charge in [0.05, 0.1) is 6.61 Å². The molecule has 238 valence electrons. The Balaban J connectivity index is 1.31. The van der Waals surface area contributed by atoms with Gasteiger partial charge in [-0.1, -0.05) is 48.9 Å². The first-order valence-corrected chi connectivity index (χ1v) is 16.3. The van der Waals surface area contributed by atoms with Crippen molar-refractivity contribution >= 4 is 33.4 Å². The molecule has 1 amide bonds. The first kappa shape index (κ1) is 30.7. The molecule has 8 nitrogen and oxygen atoms in total. The lowest BCUT2D eigenvalue weighted by Crippen LogP contribution is -2.56. The Kier molecular flexibility index (Phi) is 8.26. The molecule has 2 aliphatic heterocycles. The molecule has 2 saturated heterocycles. The van der Waals surface area contributed by atoms with Gasteiger partial charge in [0.25, 0.3) is 0 Å². The van der Waals surface area contributed by atoms with E-state index in [9.17, 15) is 4.79 Å². The molecular formula is C38H37FN6O2. The maximum Gasteiger partial charge on any atom is 0.319 e. The first-order valence-electron chi connectivity index (χ1n) is 16.3. The average molecular weight is 629 g/mol. The van der Waals surface area contributed by atoms with Gasteiger partial charge < -0.3 is 24.3 Å². The van der Waals surface area contributed by atoms with Crippen molar-refractivity contribution in [1.82, 2.24) is 19.8 Å². The van der Waals surface area contributed by atoms with Crippen molar-refractivity contribution in [2.75, 3.05) is 57.3 Å². The van der Waals surface area contributed by atoms with Crippen molar-refractivity contribution in [2.24, 2.45) is 5.41 Å². The van der Waals surface area contributed by atoms with Crippen LogP contribution < -0.4 is 9.64 Å². The van der Waals surface area contributed by atoms with Gasteiger partial charge in [-0.2, -0.15) is 9.97 Å². The molecule has 47 heavy (non-hydrogen) atoms. The van der Waals surface area contributed by atoms with E-state index in [2.05, 4.69) is 22.2 Å². The molecule has 0 bridgehead atoms. The number of rotatable bonds is 9. The lowest BCUT2D eigenvalue weighted by molar-refractivity contribution is -0.128. The number of carbonyl (C=O) groups excluding carboxylic acids is 1. The maximum atomic E-state index is 16.9. The van der Waals surface area contributed by atoms with Gasteiger partial charge in [-0.3, -0.25) is 4.79 Å². The third kappa shape index (κ3) is 5.88. The smallest absolute Gasteiger partial charge is 0.319 e. The van der Waals surface area contributed by atoms with E-state index in [1.807, 2.05) is 47.4 Å². The number of carbonyl (C=O) groups is 1. The normalized spacial score (nSPS) is 19.0. The van der Waals surface area contributed by atoms with Crippen LogP contribution in [0, 0.1) is 30.1 Å². The third-order valence-corrected chi connectivity index (χ3v) is 9.88. The number of benzene rings is 3. The Bertz CT molecular complexity index is 1950. The van der Waals surface area contributed by atoms with E-state index in [0.29, 0.717) is 54.1 Å². The fraction of sp³-hybridized carbons (Fsp3) is 0.368. The summed E-state index contributed by atoms with van der Waals surface area (Å²) in [4.78, 5) is 32.0. The van der Waals surface area contributed by atoms with Gasteiger partial charge in [0, 0.05) is 53.5 Å². The SMILES string of the molecule is [C-]#[N+]C[C@H]1CN(c2nc(OCC3(CN4CCCC4)CC3)nc3c(F)c(-c4cccc5cccc(C#C)c45)ccc23)CCN1C(=O)C=C. The summed E-state index contributed by atoms with van der Waals surface area (Å²) in [7, 11) is 0. The van der Waals surface area contributed by atoms with Crippen LogP contribution in [-0.4, -0.2) is 84.1 Å². The van der Waals surface area contributed by atoms with Crippen LogP contribution in [0.25, 0.3) is 37.6 Å². The van der Waals surface area contributed by atoms with E-state index in [1.54, 1.807) is 11.0 Å². The van der Waals surface area contributed by atoms with Crippen LogP contribution in [0.2, 0.25) is 0 Å². The molecule has 1 aromatic heterocycles. The summed E-state index contributed by atoms with van der Waals surface area (Å²) in [6.45, 7) is 16.2. The van der Waals surface area contributed by atoms with Crippen LogP contribution in [0.5, 0.6) is 6.01 Å². The minimum absolute atomic E-state index is 0.0647. The van der Waals surface area contributed by atoms with Crippen LogP contribution in [-0.2, 0) is 4.79 Å². The number of terminal acetylenes is 1. The number of hydrogen-bond donors (Lipinski definition) is 0. The summed E-state index contributed by atoms with van der Waals surface area (Å²) in [6, 6.07) is 14.9. The molecule has 1 aliphatic carbocycles. The van der Waals surface area contributed by atoms with Gasteiger partial charge in [0.15, 0.2) is 5.82 Å². The van der Waals surface area contributed by atoms with Gasteiger partial charge in [0.2, 0.25) is 12.5 Å². The van der Waals surface area contributed by atoms with Crippen LogP contribution in [0.4, 0.5) is 10.2 Å². The summed E-state index contributed by atoms with van der Waals surface area (Å²) >= 11 is 0. The Hall–Kier alpha value is -4.99. The summed E-state index contributed by atoms with van der Waals surface area (Å²) in [5.74, 6) is 2.60. The zero-order valence-electron chi connectivity index (χ0n) is 26.4. The zero-order valence-corrected chi connectivity index (χ0v) is 26.4. The number of likely N-dealkylation sites (tertiary alicyclic amines) is 1. The Morgan fingerprint density at radius 1 is 1.11 bits per heavy atom. The molecule has 0 spiro atoms. The Labute approximate surface area is 274 Å². The maximum absolute atomic E-state index is 16.9. The lowest BCUT2D eigenvalue weighted by atomic mass is 9.94. The number of aromatic nitrogens is 2. The predicted octanol–water partition coefficient (Wildman–Crippen LogP) is 5.95. The molecule has 4 aromatic rings. The standard InChI is InChI=1S/C38H37FN6O2/c1-4-26-10-8-11-27-12-9-13-29(33(26)27)30-14-15-31-35(34(30)39)41-37(47-25-38(16-17-38)24-43-18-6-7-19-43)42-36(31)44-20-21-45(32(46)5-2)28(23-44)22-40-3/h1,5,8-15,28H,2,6-7,16-25H2/t28-/m0/s1. The van der Waals surface area contributed by atoms with Crippen LogP contribution in [0.3, 0.4) is 0 Å². The molecule has 3 fully saturated rings. The minimum atomic E-state index is -0.480. The molecule has 0 radical (unpaired) electrons. The van der Waals surface area contributed by atoms with Gasteiger partial charge in [-0.25, -0.2) is 11.0 Å². The van der Waals surface area contributed by atoms with E-state index in [0.717, 1.165) is 43.2 Å². The summed E-state index contributed by atoms with van der Waals surface area (Å²) in [5, 5.41) is 2.28. The van der Waals surface area contributed by atoms with Gasteiger partial charge >= 0.3 is 6.01 Å². The predicted molar refractivity (Wildman–Crippen MR) is 183 cm³/mol. The highest BCUT2D eigenvalue weighted by molar-refractivity contribution is 6.03. The second-order valence-corrected chi connectivity index (χ2v) is 13.0. The Morgan fingerprint density at radius 2 is 1.89 bits per heavy atom. The molecular weight excluding hydrogens is 591 g/mol. The topological polar surface area (TPSA) is 66.2 Å². The third-order valence-electron chi connectivity index (χ3n) is 9.88. The van der Waals surface area contributed by atoms with E-state index in [1.165, 1.54) is 18.9 Å². The van der Waals surface area contributed by atoms with Gasteiger partial charge in [-0.15, -0.1) is 6.42 Å². The monoisotopic (exact) mass is 628 g/mol. The van der Waals surface area contributed by atoms with E-state index in [4.69, 9.17) is 27.7 Å². The highest BCUT2D eigenvalue weighted by Crippen LogP contribution is 2.47. The summed E-state index contributed by atoms with van der Waals surface area (Å²) in [6.07, 6.45) is 11.8. The van der Waals surface area contributed by atoms with Gasteiger partial charge in [-0.05, 0) is 67.9 Å². The Morgan fingerprint density at radius 3 is 2.62 bits per heavy atom. The van der Waals surface area contributed by atoms with Crippen LogP contribution >= 0.6 is 0 Å². The second kappa shape index (κ2) is 12.7. The zero-order chi connectivity index (χ0) is 32.5. The summed E-state index contributed by atoms with van der Waals surface area (Å²) in [5.41, 5.74) is 1.99. The van der Waals surface area contributed by atoms with Gasteiger partial charge in [0.1, 0.15) is 17.4 Å². The molecule has 3 heterocycles. The minimum Gasteiger partial charge on any atom is -0.463 e. The average Bonchev–Trinajstić information content (AvgIpc) is 3.67. The molecule has 0 unspecified atom stereocenters. The molecule has 7 rings (SSSR count). The molecule has 3 aromatic carbocycles. The fourth-order valence-electron chi connectivity index (χ4n) is 7.20. The van der Waals surface area contributed by atoms with E-state index in [-0.39, 0.29) is 35.4 Å². The number of piperazine rings is 1. The van der Waals surface area contributed by atoms with Crippen molar-refractivity contribution < 1.29 is 13.9 Å². The number of halogens is 1. The quantitative estimate of drug-likeness (QED) is 0.130. The number of amides is 1. The van der Waals surface area contributed by atoms with Crippen molar-refractivity contribution in [1.29, 1.82) is 0 Å². The molecule has 9 heteroatoms. The van der Waals surface area contributed by atoms with Crippen LogP contribution in [0.15, 0.2) is 61.2 Å². The molecule has 1 saturated carbocycles. The van der Waals surface area contributed by atoms with Crippen molar-refractivity contribution in [3.63, 3.8) is 0 Å². The molecule has 0 N–H and O–H groups in total. The number of fused-ring (bicyclic) bond motifs is 2. The highest BCUT2D eigenvalue weighted by Gasteiger charge is 2.45. The first-order chi connectivity index (χ1) is 22.9. The van der Waals surface area contributed by atoms with Crippen molar-refractivity contribution in [3.8, 4) is 29.5 Å².